The maximum atomic E-state index is 3.81. The molecular weight excluding hydrogens is 220 g/mol. The van der Waals surface area contributed by atoms with E-state index in [1.807, 2.05) is 0 Å². The summed E-state index contributed by atoms with van der Waals surface area (Å²) < 4.78 is 0. The van der Waals surface area contributed by atoms with Gasteiger partial charge in [-0.25, -0.2) is 0 Å². The monoisotopic (exact) mass is 244 g/mol. The first kappa shape index (κ1) is 12.2. The summed E-state index contributed by atoms with van der Waals surface area (Å²) in [4.78, 5) is 2.60. The number of benzene rings is 1. The second-order valence-electron chi connectivity index (χ2n) is 5.95. The number of likely N-dealkylation sites (tertiary alicyclic amines) is 1. The molecule has 1 saturated heterocycles. The molecule has 2 heteroatoms. The highest BCUT2D eigenvalue weighted by Gasteiger charge is 2.23. The molecule has 0 saturated carbocycles. The van der Waals surface area contributed by atoms with Crippen molar-refractivity contribution < 1.29 is 0 Å². The summed E-state index contributed by atoms with van der Waals surface area (Å²) in [6.45, 7) is 6.15. The lowest BCUT2D eigenvalue weighted by molar-refractivity contribution is 0.286. The number of rotatable bonds is 4. The average molecular weight is 244 g/mol. The van der Waals surface area contributed by atoms with E-state index in [0.717, 1.165) is 0 Å². The van der Waals surface area contributed by atoms with E-state index >= 15 is 0 Å². The van der Waals surface area contributed by atoms with E-state index < -0.39 is 0 Å². The van der Waals surface area contributed by atoms with Crippen LogP contribution in [0, 0.1) is 0 Å². The summed E-state index contributed by atoms with van der Waals surface area (Å²) >= 11 is 0. The van der Waals surface area contributed by atoms with Crippen LogP contribution in [0.2, 0.25) is 0 Å². The van der Waals surface area contributed by atoms with Crippen molar-refractivity contribution >= 4 is 0 Å². The van der Waals surface area contributed by atoms with Crippen LogP contribution in [0.25, 0.3) is 0 Å². The molecule has 1 aromatic rings. The lowest BCUT2D eigenvalue weighted by Crippen LogP contribution is -2.43. The van der Waals surface area contributed by atoms with Gasteiger partial charge >= 0.3 is 0 Å². The number of fused-ring (bicyclic) bond motifs is 1. The van der Waals surface area contributed by atoms with E-state index in [1.165, 1.54) is 45.3 Å². The van der Waals surface area contributed by atoms with Gasteiger partial charge in [-0.15, -0.1) is 0 Å². The molecule has 1 fully saturated rings. The zero-order chi connectivity index (χ0) is 12.4. The van der Waals surface area contributed by atoms with E-state index in [0.29, 0.717) is 12.1 Å². The minimum Gasteiger partial charge on any atom is -0.310 e. The Kier molecular flexibility index (Phi) is 3.67. The molecule has 1 aliphatic heterocycles. The van der Waals surface area contributed by atoms with Gasteiger partial charge in [0, 0.05) is 18.6 Å². The lowest BCUT2D eigenvalue weighted by Gasteiger charge is -2.24. The van der Waals surface area contributed by atoms with E-state index in [4.69, 9.17) is 0 Å². The summed E-state index contributed by atoms with van der Waals surface area (Å²) in [5.41, 5.74) is 3.09. The van der Waals surface area contributed by atoms with Crippen LogP contribution in [0.3, 0.4) is 0 Å². The number of hydrogen-bond donors (Lipinski definition) is 1. The smallest absolute Gasteiger partial charge is 0.0169 e. The number of hydrogen-bond acceptors (Lipinski definition) is 2. The third kappa shape index (κ3) is 2.76. The Morgan fingerprint density at radius 1 is 1.17 bits per heavy atom. The predicted molar refractivity (Wildman–Crippen MR) is 75.9 cm³/mol. The molecule has 1 aromatic carbocycles. The van der Waals surface area contributed by atoms with E-state index in [2.05, 4.69) is 41.4 Å². The zero-order valence-corrected chi connectivity index (χ0v) is 11.4. The molecule has 1 N–H and O–H groups in total. The summed E-state index contributed by atoms with van der Waals surface area (Å²) in [5, 5.41) is 3.81. The van der Waals surface area contributed by atoms with Crippen molar-refractivity contribution in [1.82, 2.24) is 10.2 Å². The van der Waals surface area contributed by atoms with Crippen LogP contribution in [0.15, 0.2) is 24.3 Å². The molecule has 0 spiro atoms. The molecule has 2 nitrogen and oxygen atoms in total. The summed E-state index contributed by atoms with van der Waals surface area (Å²) in [6.07, 6.45) is 5.20. The van der Waals surface area contributed by atoms with Gasteiger partial charge in [0.15, 0.2) is 0 Å². The Morgan fingerprint density at radius 3 is 2.39 bits per heavy atom. The van der Waals surface area contributed by atoms with Crippen molar-refractivity contribution in [1.29, 1.82) is 0 Å². The Balaban J connectivity index is 1.49. The van der Waals surface area contributed by atoms with Crippen molar-refractivity contribution in [2.24, 2.45) is 0 Å². The topological polar surface area (TPSA) is 15.3 Å². The van der Waals surface area contributed by atoms with Crippen molar-refractivity contribution in [2.75, 3.05) is 19.6 Å². The molecule has 0 amide bonds. The quantitative estimate of drug-likeness (QED) is 0.874. The molecule has 0 aromatic heterocycles. The number of nitrogens with one attached hydrogen (secondary N) is 1. The predicted octanol–water partition coefficient (Wildman–Crippen LogP) is 2.23. The Labute approximate surface area is 110 Å². The van der Waals surface area contributed by atoms with Gasteiger partial charge in [-0.2, -0.15) is 0 Å². The summed E-state index contributed by atoms with van der Waals surface area (Å²) in [7, 11) is 0. The summed E-state index contributed by atoms with van der Waals surface area (Å²) in [6, 6.07) is 10.1. The van der Waals surface area contributed by atoms with Crippen LogP contribution >= 0.6 is 0 Å². The summed E-state index contributed by atoms with van der Waals surface area (Å²) in [5.74, 6) is 0. The van der Waals surface area contributed by atoms with Crippen LogP contribution in [-0.2, 0) is 12.8 Å². The molecule has 18 heavy (non-hydrogen) atoms. The van der Waals surface area contributed by atoms with Crippen molar-refractivity contribution in [3.63, 3.8) is 0 Å². The van der Waals surface area contributed by atoms with Gasteiger partial charge in [0.1, 0.15) is 0 Å². The van der Waals surface area contributed by atoms with E-state index in [9.17, 15) is 0 Å². The fourth-order valence-electron chi connectivity index (χ4n) is 3.48. The second kappa shape index (κ2) is 5.41. The normalized spacial score (nSPS) is 22.3. The average Bonchev–Trinajstić information content (AvgIpc) is 2.96. The van der Waals surface area contributed by atoms with Gasteiger partial charge < -0.3 is 10.2 Å². The van der Waals surface area contributed by atoms with Crippen LogP contribution in [0.4, 0.5) is 0 Å². The third-order valence-corrected chi connectivity index (χ3v) is 4.30. The highest BCUT2D eigenvalue weighted by Crippen LogP contribution is 2.22. The van der Waals surface area contributed by atoms with Crippen LogP contribution in [0.1, 0.15) is 30.9 Å². The molecule has 1 atom stereocenters. The first-order valence-corrected chi connectivity index (χ1v) is 7.36. The minimum atomic E-state index is 0.613. The molecular formula is C16H24N2. The van der Waals surface area contributed by atoms with E-state index in [-0.39, 0.29) is 0 Å². The van der Waals surface area contributed by atoms with Crippen molar-refractivity contribution in [3.8, 4) is 0 Å². The minimum absolute atomic E-state index is 0.613. The van der Waals surface area contributed by atoms with Gasteiger partial charge in [0.05, 0.1) is 0 Å². The molecule has 3 rings (SSSR count). The lowest BCUT2D eigenvalue weighted by atomic mass is 10.1. The Morgan fingerprint density at radius 2 is 1.78 bits per heavy atom. The van der Waals surface area contributed by atoms with Crippen molar-refractivity contribution in [2.45, 2.75) is 44.7 Å². The highest BCUT2D eigenvalue weighted by atomic mass is 15.2. The first-order chi connectivity index (χ1) is 8.81. The SMILES string of the molecule is CC(CN1CCCC1)NC1Cc2ccccc2C1. The van der Waals surface area contributed by atoms with Gasteiger partial charge in [0.2, 0.25) is 0 Å². The first-order valence-electron chi connectivity index (χ1n) is 7.36. The maximum absolute atomic E-state index is 3.81. The molecule has 2 aliphatic rings. The largest absolute Gasteiger partial charge is 0.310 e. The molecule has 98 valence electrons. The fourth-order valence-corrected chi connectivity index (χ4v) is 3.48. The second-order valence-corrected chi connectivity index (χ2v) is 5.95. The fraction of sp³-hybridized carbons (Fsp3) is 0.625. The maximum Gasteiger partial charge on any atom is 0.0169 e. The molecule has 1 unspecified atom stereocenters. The highest BCUT2D eigenvalue weighted by molar-refractivity contribution is 5.33. The van der Waals surface area contributed by atoms with Gasteiger partial charge in [0.25, 0.3) is 0 Å². The van der Waals surface area contributed by atoms with Gasteiger partial charge in [-0.3, -0.25) is 0 Å². The standard InChI is InChI=1S/C16H24N2/c1-13(12-18-8-4-5-9-18)17-16-10-14-6-2-3-7-15(14)11-16/h2-3,6-7,13,16-17H,4-5,8-12H2,1H3. The van der Waals surface area contributed by atoms with Gasteiger partial charge in [-0.1, -0.05) is 24.3 Å². The zero-order valence-electron chi connectivity index (χ0n) is 11.4. The molecule has 0 radical (unpaired) electrons. The Bertz CT molecular complexity index is 371. The van der Waals surface area contributed by atoms with Gasteiger partial charge in [-0.05, 0) is 56.8 Å². The molecule has 1 heterocycles. The Hall–Kier alpha value is -0.860. The third-order valence-electron chi connectivity index (χ3n) is 4.30. The van der Waals surface area contributed by atoms with Crippen molar-refractivity contribution in [3.05, 3.63) is 35.4 Å². The molecule has 0 bridgehead atoms. The van der Waals surface area contributed by atoms with Crippen LogP contribution < -0.4 is 5.32 Å². The molecule has 1 aliphatic carbocycles. The van der Waals surface area contributed by atoms with E-state index in [1.54, 1.807) is 11.1 Å². The number of nitrogens with zero attached hydrogens (tertiary/aromatic N) is 1. The van der Waals surface area contributed by atoms with Crippen LogP contribution in [-0.4, -0.2) is 36.6 Å². The van der Waals surface area contributed by atoms with Crippen LogP contribution in [0.5, 0.6) is 0 Å².